The summed E-state index contributed by atoms with van der Waals surface area (Å²) in [5.74, 6) is -0.134. The fraction of sp³-hybridized carbons (Fsp3) is 0.355. The van der Waals surface area contributed by atoms with E-state index in [0.29, 0.717) is 6.42 Å². The predicted molar refractivity (Wildman–Crippen MR) is 150 cm³/mol. The molecule has 0 aromatic heterocycles. The zero-order chi connectivity index (χ0) is 24.9. The molecule has 1 fully saturated rings. The van der Waals surface area contributed by atoms with Gasteiger partial charge in [-0.2, -0.15) is 0 Å². The van der Waals surface area contributed by atoms with Crippen LogP contribution in [0.3, 0.4) is 0 Å². The van der Waals surface area contributed by atoms with Crippen molar-refractivity contribution in [3.05, 3.63) is 97.4 Å². The van der Waals surface area contributed by atoms with Gasteiger partial charge in [-0.05, 0) is 0 Å². The molecular weight excluding hydrogens is 449 g/mol. The normalized spacial score (nSPS) is 18.1. The van der Waals surface area contributed by atoms with Crippen LogP contribution in [0.25, 0.3) is 0 Å². The van der Waals surface area contributed by atoms with Gasteiger partial charge in [-0.15, -0.1) is 0 Å². The van der Waals surface area contributed by atoms with Crippen molar-refractivity contribution < 1.29 is 9.63 Å². The van der Waals surface area contributed by atoms with Crippen LogP contribution >= 0.6 is 7.26 Å². The van der Waals surface area contributed by atoms with E-state index in [4.69, 9.17) is 4.84 Å². The van der Waals surface area contributed by atoms with E-state index in [-0.39, 0.29) is 17.0 Å². The van der Waals surface area contributed by atoms with E-state index in [1.807, 2.05) is 5.06 Å². The Balaban J connectivity index is 1.60. The maximum absolute atomic E-state index is 13.1. The molecule has 3 nitrogen and oxygen atoms in total. The third-order valence-electron chi connectivity index (χ3n) is 7.31. The molecule has 3 aromatic rings. The first-order valence-electron chi connectivity index (χ1n) is 12.8. The third kappa shape index (κ3) is 5.52. The molecule has 3 aromatic carbocycles. The maximum atomic E-state index is 13.1. The average Bonchev–Trinajstić information content (AvgIpc) is 2.86. The summed E-state index contributed by atoms with van der Waals surface area (Å²) in [6.07, 6.45) is 6.27. The second-order valence-electron chi connectivity index (χ2n) is 10.9. The molecule has 1 heterocycles. The summed E-state index contributed by atoms with van der Waals surface area (Å²) < 4.78 is 0. The quantitative estimate of drug-likeness (QED) is 0.375. The number of carbonyl (C=O) groups excluding carboxylic acids is 1. The topological polar surface area (TPSA) is 29.5 Å². The molecule has 0 amide bonds. The van der Waals surface area contributed by atoms with Crippen molar-refractivity contribution in [1.82, 2.24) is 5.06 Å². The molecule has 1 aliphatic rings. The summed E-state index contributed by atoms with van der Waals surface area (Å²) in [5.41, 5.74) is -0.401. The number of piperidine rings is 1. The number of hydrogen-bond donors (Lipinski definition) is 0. The Labute approximate surface area is 211 Å². The van der Waals surface area contributed by atoms with Crippen LogP contribution in [0.15, 0.2) is 91.0 Å². The molecule has 0 bridgehead atoms. The van der Waals surface area contributed by atoms with E-state index in [9.17, 15) is 4.79 Å². The van der Waals surface area contributed by atoms with Crippen LogP contribution in [-0.2, 0) is 9.63 Å². The molecule has 1 radical (unpaired) electrons. The van der Waals surface area contributed by atoms with E-state index in [1.54, 1.807) is 0 Å². The molecule has 0 unspecified atom stereocenters. The second-order valence-corrected chi connectivity index (χ2v) is 15.0. The average molecular weight is 489 g/mol. The molecule has 4 rings (SSSR count). The molecule has 0 aliphatic carbocycles. The summed E-state index contributed by atoms with van der Waals surface area (Å²) in [7, 11) is -2.33. The van der Waals surface area contributed by atoms with Gasteiger partial charge in [0.2, 0.25) is 0 Å². The number of hydrogen-bond acceptors (Lipinski definition) is 3. The van der Waals surface area contributed by atoms with E-state index >= 15 is 0 Å². The summed E-state index contributed by atoms with van der Waals surface area (Å²) in [4.78, 5) is 19.2. The second kappa shape index (κ2) is 10.6. The fourth-order valence-electron chi connectivity index (χ4n) is 5.76. The Morgan fingerprint density at radius 3 is 1.54 bits per heavy atom. The number of nitrogens with zero attached hydrogens (tertiary/aromatic N) is 1. The van der Waals surface area contributed by atoms with E-state index in [2.05, 4.69) is 125 Å². The van der Waals surface area contributed by atoms with Gasteiger partial charge in [-0.1, -0.05) is 0 Å². The Bertz CT molecular complexity index is 984. The predicted octanol–water partition coefficient (Wildman–Crippen LogP) is 5.81. The minimum absolute atomic E-state index is 0.134. The van der Waals surface area contributed by atoms with Gasteiger partial charge in [0.25, 0.3) is 0 Å². The van der Waals surface area contributed by atoms with Crippen LogP contribution in [0, 0.1) is 6.42 Å². The van der Waals surface area contributed by atoms with Crippen LogP contribution in [0.1, 0.15) is 53.4 Å². The number of hydroxylamine groups is 2. The van der Waals surface area contributed by atoms with Crippen LogP contribution in [-0.4, -0.2) is 28.3 Å². The van der Waals surface area contributed by atoms with Gasteiger partial charge in [-0.3, -0.25) is 0 Å². The van der Waals surface area contributed by atoms with E-state index in [1.165, 1.54) is 15.9 Å². The van der Waals surface area contributed by atoms with Crippen molar-refractivity contribution in [1.29, 1.82) is 0 Å². The molecule has 185 valence electrons. The van der Waals surface area contributed by atoms with Gasteiger partial charge in [-0.25, -0.2) is 0 Å². The standard InChI is InChI=1S/C31H39NO2P/c1-30(2)23-15-24-31(3,4)32(30)34-29(33)22-14-25-35(26-16-8-5-9-17-26,27-18-10-6-11-19-27)28-20-12-7-13-21-28/h5-13,15-21,35H,14,22-25H2,1-4H3. The van der Waals surface area contributed by atoms with Gasteiger partial charge in [0, 0.05) is 0 Å². The van der Waals surface area contributed by atoms with E-state index < -0.39 is 7.26 Å². The number of carbonyl (C=O) groups is 1. The van der Waals surface area contributed by atoms with Crippen LogP contribution in [0.5, 0.6) is 0 Å². The SMILES string of the molecule is CC1(C)C[CH]CC(C)(C)N1OC(=O)CCC[PH](c1ccccc1)(c1ccccc1)c1ccccc1. The molecule has 35 heavy (non-hydrogen) atoms. The molecule has 0 saturated carbocycles. The van der Waals surface area contributed by atoms with Gasteiger partial charge in [0.15, 0.2) is 0 Å². The molecule has 0 atom stereocenters. The molecule has 1 aliphatic heterocycles. The van der Waals surface area contributed by atoms with Gasteiger partial charge >= 0.3 is 212 Å². The molecule has 0 N–H and O–H groups in total. The number of rotatable bonds is 8. The third-order valence-corrected chi connectivity index (χ3v) is 12.4. The van der Waals surface area contributed by atoms with Crippen LogP contribution in [0.4, 0.5) is 0 Å². The summed E-state index contributed by atoms with van der Waals surface area (Å²) in [6.45, 7) is 8.59. The molecule has 1 saturated heterocycles. The Morgan fingerprint density at radius 2 is 1.14 bits per heavy atom. The van der Waals surface area contributed by atoms with Gasteiger partial charge < -0.3 is 0 Å². The Morgan fingerprint density at radius 1 is 0.743 bits per heavy atom. The fourth-order valence-corrected chi connectivity index (χ4v) is 10.6. The first-order valence-corrected chi connectivity index (χ1v) is 15.0. The Hall–Kier alpha value is -2.48. The van der Waals surface area contributed by atoms with Crippen molar-refractivity contribution >= 4 is 29.1 Å². The zero-order valence-electron chi connectivity index (χ0n) is 21.5. The van der Waals surface area contributed by atoms with Crippen LogP contribution < -0.4 is 15.9 Å². The van der Waals surface area contributed by atoms with Crippen molar-refractivity contribution in [3.63, 3.8) is 0 Å². The van der Waals surface area contributed by atoms with Gasteiger partial charge in [0.05, 0.1) is 0 Å². The number of benzene rings is 3. The Kier molecular flexibility index (Phi) is 7.79. The molecular formula is C31H39NO2P. The first-order chi connectivity index (χ1) is 16.8. The van der Waals surface area contributed by atoms with E-state index in [0.717, 1.165) is 25.4 Å². The van der Waals surface area contributed by atoms with Crippen molar-refractivity contribution in [3.8, 4) is 0 Å². The monoisotopic (exact) mass is 488 g/mol. The zero-order valence-corrected chi connectivity index (χ0v) is 22.5. The van der Waals surface area contributed by atoms with Crippen molar-refractivity contribution in [2.75, 3.05) is 6.16 Å². The summed E-state index contributed by atoms with van der Waals surface area (Å²) in [6, 6.07) is 32.6. The first kappa shape index (κ1) is 25.6. The molecule has 4 heteroatoms. The van der Waals surface area contributed by atoms with Crippen LogP contribution in [0.2, 0.25) is 0 Å². The van der Waals surface area contributed by atoms with Gasteiger partial charge in [0.1, 0.15) is 0 Å². The summed E-state index contributed by atoms with van der Waals surface area (Å²) >= 11 is 0. The molecule has 0 spiro atoms. The van der Waals surface area contributed by atoms with Crippen molar-refractivity contribution in [2.24, 2.45) is 0 Å². The van der Waals surface area contributed by atoms with Crippen molar-refractivity contribution in [2.45, 2.75) is 64.5 Å². The summed E-state index contributed by atoms with van der Waals surface area (Å²) in [5, 5.41) is 6.07. The minimum atomic E-state index is -2.33.